The number of likely N-dealkylation sites (tertiary alicyclic amines) is 1. The quantitative estimate of drug-likeness (QED) is 0.722. The van der Waals surface area contributed by atoms with Gasteiger partial charge in [0.1, 0.15) is 6.10 Å². The molecule has 1 aromatic heterocycles. The van der Waals surface area contributed by atoms with E-state index in [4.69, 9.17) is 4.74 Å². The van der Waals surface area contributed by atoms with Gasteiger partial charge < -0.3 is 15.0 Å². The number of piperidine rings is 1. The molecule has 1 aliphatic rings. The fourth-order valence-electron chi connectivity index (χ4n) is 3.60. The van der Waals surface area contributed by atoms with Gasteiger partial charge in [0.2, 0.25) is 5.88 Å². The lowest BCUT2D eigenvalue weighted by atomic mass is 9.99. The number of benzene rings is 2. The molecule has 1 saturated heterocycles. The van der Waals surface area contributed by atoms with E-state index in [1.807, 2.05) is 65.6 Å². The van der Waals surface area contributed by atoms with Crippen molar-refractivity contribution in [3.8, 4) is 5.88 Å². The molecule has 0 radical (unpaired) electrons. The van der Waals surface area contributed by atoms with Crippen molar-refractivity contribution in [1.82, 2.24) is 20.2 Å². The van der Waals surface area contributed by atoms with Gasteiger partial charge in [-0.2, -0.15) is 0 Å². The predicted octanol–water partition coefficient (Wildman–Crippen LogP) is 3.82. The molecule has 6 nitrogen and oxygen atoms in total. The van der Waals surface area contributed by atoms with Crippen LogP contribution in [0, 0.1) is 0 Å². The molecule has 1 fully saturated rings. The lowest BCUT2D eigenvalue weighted by Gasteiger charge is -2.34. The first-order valence-corrected chi connectivity index (χ1v) is 9.87. The summed E-state index contributed by atoms with van der Waals surface area (Å²) in [6.07, 6.45) is 6.51. The number of carbonyl (C=O) groups is 1. The lowest BCUT2D eigenvalue weighted by molar-refractivity contribution is 0.0968. The molecule has 1 N–H and O–H groups in total. The maximum Gasteiger partial charge on any atom is 0.318 e. The second-order valence-corrected chi connectivity index (χ2v) is 7.08. The van der Waals surface area contributed by atoms with Crippen LogP contribution in [0.5, 0.6) is 5.88 Å². The van der Waals surface area contributed by atoms with Crippen LogP contribution in [-0.4, -0.2) is 40.1 Å². The Kier molecular flexibility index (Phi) is 6.00. The van der Waals surface area contributed by atoms with E-state index in [0.717, 1.165) is 24.0 Å². The normalized spacial score (nSPS) is 16.4. The van der Waals surface area contributed by atoms with Gasteiger partial charge in [-0.1, -0.05) is 60.7 Å². The van der Waals surface area contributed by atoms with Gasteiger partial charge in [-0.25, -0.2) is 9.78 Å². The molecular weight excluding hydrogens is 364 g/mol. The van der Waals surface area contributed by atoms with E-state index in [1.54, 1.807) is 18.6 Å². The highest BCUT2D eigenvalue weighted by atomic mass is 16.5. The molecule has 4 rings (SSSR count). The van der Waals surface area contributed by atoms with E-state index in [1.165, 1.54) is 0 Å². The molecule has 3 aromatic rings. The Morgan fingerprint density at radius 3 is 2.34 bits per heavy atom. The summed E-state index contributed by atoms with van der Waals surface area (Å²) in [6.45, 7) is 1.24. The topological polar surface area (TPSA) is 67.4 Å². The molecule has 1 atom stereocenters. The van der Waals surface area contributed by atoms with E-state index in [0.29, 0.717) is 19.0 Å². The van der Waals surface area contributed by atoms with Crippen molar-refractivity contribution >= 4 is 6.03 Å². The fourth-order valence-corrected chi connectivity index (χ4v) is 3.60. The Hall–Kier alpha value is -3.41. The van der Waals surface area contributed by atoms with E-state index in [2.05, 4.69) is 15.3 Å². The summed E-state index contributed by atoms with van der Waals surface area (Å²) in [5.41, 5.74) is 2.10. The maximum absolute atomic E-state index is 13.1. The highest BCUT2D eigenvalue weighted by Crippen LogP contribution is 2.23. The van der Waals surface area contributed by atoms with Crippen LogP contribution < -0.4 is 10.1 Å². The monoisotopic (exact) mass is 388 g/mol. The number of carbonyl (C=O) groups excluding carboxylic acids is 1. The van der Waals surface area contributed by atoms with E-state index < -0.39 is 0 Å². The Bertz CT molecular complexity index is 866. The molecule has 0 bridgehead atoms. The minimum Gasteiger partial charge on any atom is -0.471 e. The molecular formula is C23H24N4O2. The van der Waals surface area contributed by atoms with Crippen molar-refractivity contribution < 1.29 is 9.53 Å². The van der Waals surface area contributed by atoms with Crippen molar-refractivity contribution in [2.45, 2.75) is 25.0 Å². The molecule has 1 unspecified atom stereocenters. The third-order valence-corrected chi connectivity index (χ3v) is 5.03. The van der Waals surface area contributed by atoms with Crippen LogP contribution in [0.15, 0.2) is 79.3 Å². The number of urea groups is 1. The molecule has 0 spiro atoms. The van der Waals surface area contributed by atoms with Gasteiger partial charge >= 0.3 is 6.03 Å². The Morgan fingerprint density at radius 1 is 1.03 bits per heavy atom. The van der Waals surface area contributed by atoms with Crippen LogP contribution in [-0.2, 0) is 0 Å². The molecule has 29 heavy (non-hydrogen) atoms. The van der Waals surface area contributed by atoms with E-state index in [-0.39, 0.29) is 18.2 Å². The summed E-state index contributed by atoms with van der Waals surface area (Å²) < 4.78 is 5.91. The second kappa shape index (κ2) is 9.19. The number of hydrogen-bond donors (Lipinski definition) is 1. The molecule has 0 saturated carbocycles. The average Bonchev–Trinajstić information content (AvgIpc) is 2.79. The van der Waals surface area contributed by atoms with Gasteiger partial charge in [-0.3, -0.25) is 4.98 Å². The van der Waals surface area contributed by atoms with Crippen LogP contribution in [0.1, 0.15) is 30.0 Å². The van der Waals surface area contributed by atoms with Crippen molar-refractivity contribution in [3.63, 3.8) is 0 Å². The molecule has 2 heterocycles. The van der Waals surface area contributed by atoms with Crippen LogP contribution in [0.2, 0.25) is 0 Å². The summed E-state index contributed by atoms with van der Waals surface area (Å²) in [5.74, 6) is 0.492. The maximum atomic E-state index is 13.1. The van der Waals surface area contributed by atoms with Crippen molar-refractivity contribution in [1.29, 1.82) is 0 Å². The predicted molar refractivity (Wildman–Crippen MR) is 111 cm³/mol. The summed E-state index contributed by atoms with van der Waals surface area (Å²) in [5, 5.41) is 3.21. The standard InChI is InChI=1S/C23H24N4O2/c28-23(27-15-7-12-20(17-27)29-21-16-24-13-14-25-21)26-22(18-8-3-1-4-9-18)19-10-5-2-6-11-19/h1-6,8-11,13-14,16,20,22H,7,12,15,17H2,(H,26,28). The number of nitrogens with one attached hydrogen (secondary N) is 1. The number of rotatable bonds is 5. The molecule has 148 valence electrons. The first kappa shape index (κ1) is 18.9. The Labute approximate surface area is 170 Å². The minimum absolute atomic E-state index is 0.0851. The van der Waals surface area contributed by atoms with Crippen molar-refractivity contribution in [3.05, 3.63) is 90.4 Å². The van der Waals surface area contributed by atoms with Crippen LogP contribution in [0.25, 0.3) is 0 Å². The van der Waals surface area contributed by atoms with Gasteiger partial charge in [0, 0.05) is 18.9 Å². The highest BCUT2D eigenvalue weighted by molar-refractivity contribution is 5.75. The molecule has 2 amide bonds. The molecule has 2 aromatic carbocycles. The van der Waals surface area contributed by atoms with Gasteiger partial charge in [-0.05, 0) is 24.0 Å². The zero-order chi connectivity index (χ0) is 19.9. The van der Waals surface area contributed by atoms with Gasteiger partial charge in [0.05, 0.1) is 18.8 Å². The van der Waals surface area contributed by atoms with E-state index in [9.17, 15) is 4.79 Å². The lowest BCUT2D eigenvalue weighted by Crippen LogP contribution is -2.49. The fraction of sp³-hybridized carbons (Fsp3) is 0.261. The van der Waals surface area contributed by atoms with E-state index >= 15 is 0 Å². The first-order valence-electron chi connectivity index (χ1n) is 9.87. The zero-order valence-electron chi connectivity index (χ0n) is 16.1. The highest BCUT2D eigenvalue weighted by Gasteiger charge is 2.27. The van der Waals surface area contributed by atoms with Crippen molar-refractivity contribution in [2.24, 2.45) is 0 Å². The summed E-state index contributed by atoms with van der Waals surface area (Å²) in [7, 11) is 0. The number of ether oxygens (including phenoxy) is 1. The van der Waals surface area contributed by atoms with Crippen molar-refractivity contribution in [2.75, 3.05) is 13.1 Å². The first-order chi connectivity index (χ1) is 14.3. The third kappa shape index (κ3) is 4.90. The minimum atomic E-state index is -0.203. The van der Waals surface area contributed by atoms with Gasteiger partial charge in [0.25, 0.3) is 0 Å². The summed E-state index contributed by atoms with van der Waals surface area (Å²) >= 11 is 0. The van der Waals surface area contributed by atoms with Crippen LogP contribution in [0.4, 0.5) is 4.79 Å². The largest absolute Gasteiger partial charge is 0.471 e. The summed E-state index contributed by atoms with van der Waals surface area (Å²) in [4.78, 5) is 23.1. The molecule has 6 heteroatoms. The third-order valence-electron chi connectivity index (χ3n) is 5.03. The van der Waals surface area contributed by atoms with Crippen LogP contribution in [0.3, 0.4) is 0 Å². The zero-order valence-corrected chi connectivity index (χ0v) is 16.1. The van der Waals surface area contributed by atoms with Crippen LogP contribution >= 0.6 is 0 Å². The number of nitrogens with zero attached hydrogens (tertiary/aromatic N) is 3. The number of amides is 2. The summed E-state index contributed by atoms with van der Waals surface area (Å²) in [6, 6.07) is 19.8. The Morgan fingerprint density at radius 2 is 1.72 bits per heavy atom. The van der Waals surface area contributed by atoms with Gasteiger partial charge in [0.15, 0.2) is 0 Å². The SMILES string of the molecule is O=C(NC(c1ccccc1)c1ccccc1)N1CCCC(Oc2cnccn2)C1. The number of aromatic nitrogens is 2. The Balaban J connectivity index is 1.46. The number of hydrogen-bond acceptors (Lipinski definition) is 4. The molecule has 0 aliphatic carbocycles. The molecule has 1 aliphatic heterocycles. The average molecular weight is 388 g/mol. The smallest absolute Gasteiger partial charge is 0.318 e. The van der Waals surface area contributed by atoms with Gasteiger partial charge in [-0.15, -0.1) is 0 Å². The second-order valence-electron chi connectivity index (χ2n) is 7.08.